The SMILES string of the molecule is Cc1nn(C)c(C)c1CN=C(NCCc1ccco1)NC1CCN(Cc2ccccc2)CC1. The van der Waals surface area contributed by atoms with E-state index in [4.69, 9.17) is 9.41 Å². The highest BCUT2D eigenvalue weighted by atomic mass is 16.3. The fourth-order valence-corrected chi connectivity index (χ4v) is 4.39. The highest BCUT2D eigenvalue weighted by molar-refractivity contribution is 5.80. The largest absolute Gasteiger partial charge is 0.469 e. The fourth-order valence-electron chi connectivity index (χ4n) is 4.39. The van der Waals surface area contributed by atoms with E-state index in [0.29, 0.717) is 12.6 Å². The Hall–Kier alpha value is -3.06. The van der Waals surface area contributed by atoms with Gasteiger partial charge in [-0.2, -0.15) is 5.10 Å². The third-order valence-electron chi connectivity index (χ3n) is 6.48. The van der Waals surface area contributed by atoms with Gasteiger partial charge in [-0.15, -0.1) is 0 Å². The summed E-state index contributed by atoms with van der Waals surface area (Å²) in [6, 6.07) is 15.1. The molecule has 1 aliphatic rings. The van der Waals surface area contributed by atoms with Crippen molar-refractivity contribution in [2.75, 3.05) is 19.6 Å². The molecule has 1 aliphatic heterocycles. The Morgan fingerprint density at radius 1 is 1.12 bits per heavy atom. The maximum absolute atomic E-state index is 5.47. The molecule has 0 radical (unpaired) electrons. The van der Waals surface area contributed by atoms with Crippen LogP contribution in [-0.4, -0.2) is 46.3 Å². The first kappa shape index (κ1) is 23.1. The average Bonchev–Trinajstić information content (AvgIpc) is 3.42. The van der Waals surface area contributed by atoms with Gasteiger partial charge in [-0.05, 0) is 44.4 Å². The number of hydrogen-bond donors (Lipinski definition) is 2. The predicted octanol–water partition coefficient (Wildman–Crippen LogP) is 3.57. The Balaban J connectivity index is 1.34. The zero-order valence-corrected chi connectivity index (χ0v) is 20.1. The monoisotopic (exact) mass is 448 g/mol. The number of rotatable bonds is 8. The summed E-state index contributed by atoms with van der Waals surface area (Å²) in [4.78, 5) is 7.46. The number of nitrogens with zero attached hydrogens (tertiary/aromatic N) is 4. The molecule has 0 amide bonds. The summed E-state index contributed by atoms with van der Waals surface area (Å²) in [5, 5.41) is 11.7. The van der Waals surface area contributed by atoms with Gasteiger partial charge >= 0.3 is 0 Å². The zero-order chi connectivity index (χ0) is 23.0. The molecule has 2 aromatic heterocycles. The number of aromatic nitrogens is 2. The van der Waals surface area contributed by atoms with Crippen LogP contribution in [0.3, 0.4) is 0 Å². The van der Waals surface area contributed by atoms with Gasteiger partial charge in [0.15, 0.2) is 5.96 Å². The lowest BCUT2D eigenvalue weighted by Gasteiger charge is -2.33. The van der Waals surface area contributed by atoms with Crippen LogP contribution in [0.25, 0.3) is 0 Å². The van der Waals surface area contributed by atoms with E-state index in [0.717, 1.165) is 62.9 Å². The van der Waals surface area contributed by atoms with E-state index in [1.54, 1.807) is 6.26 Å². The fraction of sp³-hybridized carbons (Fsp3) is 0.462. The highest BCUT2D eigenvalue weighted by Crippen LogP contribution is 2.15. The normalized spacial score (nSPS) is 15.7. The molecule has 0 saturated carbocycles. The standard InChI is InChI=1S/C26H36N6O/c1-20-25(21(2)31(3)30-20)18-28-26(27-14-11-24-10-7-17-33-24)29-23-12-15-32(16-13-23)19-22-8-5-4-6-9-22/h4-10,17,23H,11-16,18-19H2,1-3H3,(H2,27,28,29). The van der Waals surface area contributed by atoms with E-state index in [1.165, 1.54) is 16.8 Å². The minimum absolute atomic E-state index is 0.419. The molecule has 7 nitrogen and oxygen atoms in total. The molecule has 1 aromatic carbocycles. The minimum atomic E-state index is 0.419. The van der Waals surface area contributed by atoms with Crippen LogP contribution in [-0.2, 0) is 26.6 Å². The van der Waals surface area contributed by atoms with Crippen molar-refractivity contribution in [1.29, 1.82) is 0 Å². The van der Waals surface area contributed by atoms with Crippen molar-refractivity contribution >= 4 is 5.96 Å². The van der Waals surface area contributed by atoms with Gasteiger partial charge in [0.05, 0.1) is 18.5 Å². The van der Waals surface area contributed by atoms with Crippen LogP contribution in [0.15, 0.2) is 58.1 Å². The van der Waals surface area contributed by atoms with Crippen molar-refractivity contribution in [3.05, 3.63) is 77.0 Å². The van der Waals surface area contributed by atoms with Gasteiger partial charge in [-0.25, -0.2) is 4.99 Å². The molecule has 3 aromatic rings. The lowest BCUT2D eigenvalue weighted by Crippen LogP contribution is -2.48. The summed E-state index contributed by atoms with van der Waals surface area (Å²) >= 11 is 0. The number of hydrogen-bond acceptors (Lipinski definition) is 4. The van der Waals surface area contributed by atoms with Crippen LogP contribution in [0, 0.1) is 13.8 Å². The van der Waals surface area contributed by atoms with Crippen molar-refractivity contribution in [1.82, 2.24) is 25.3 Å². The molecule has 0 unspecified atom stereocenters. The molecule has 4 rings (SSSR count). The molecular formula is C26H36N6O. The van der Waals surface area contributed by atoms with Crippen molar-refractivity contribution in [2.45, 2.75) is 52.2 Å². The zero-order valence-electron chi connectivity index (χ0n) is 20.1. The van der Waals surface area contributed by atoms with E-state index in [2.05, 4.69) is 64.8 Å². The number of benzene rings is 1. The molecule has 33 heavy (non-hydrogen) atoms. The lowest BCUT2D eigenvalue weighted by molar-refractivity contribution is 0.198. The Morgan fingerprint density at radius 2 is 1.91 bits per heavy atom. The summed E-state index contributed by atoms with van der Waals surface area (Å²) in [5.41, 5.74) is 4.79. The summed E-state index contributed by atoms with van der Waals surface area (Å²) in [6.45, 7) is 8.75. The van der Waals surface area contributed by atoms with Gasteiger partial charge in [0.2, 0.25) is 0 Å². The third-order valence-corrected chi connectivity index (χ3v) is 6.48. The van der Waals surface area contributed by atoms with Gasteiger partial charge in [-0.3, -0.25) is 9.58 Å². The predicted molar refractivity (Wildman–Crippen MR) is 132 cm³/mol. The van der Waals surface area contributed by atoms with Crippen LogP contribution >= 0.6 is 0 Å². The summed E-state index contributed by atoms with van der Waals surface area (Å²) < 4.78 is 7.40. The topological polar surface area (TPSA) is 70.6 Å². The highest BCUT2D eigenvalue weighted by Gasteiger charge is 2.20. The summed E-state index contributed by atoms with van der Waals surface area (Å²) in [5.74, 6) is 1.85. The number of aliphatic imine (C=N–C) groups is 1. The van der Waals surface area contributed by atoms with Crippen LogP contribution < -0.4 is 10.6 Å². The Bertz CT molecular complexity index is 1020. The van der Waals surface area contributed by atoms with Gasteiger partial charge < -0.3 is 15.1 Å². The third kappa shape index (κ3) is 6.48. The van der Waals surface area contributed by atoms with Gasteiger partial charge in [0.25, 0.3) is 0 Å². The van der Waals surface area contributed by atoms with Crippen LogP contribution in [0.5, 0.6) is 0 Å². The molecule has 1 fully saturated rings. The minimum Gasteiger partial charge on any atom is -0.469 e. The number of piperidine rings is 1. The van der Waals surface area contributed by atoms with Crippen LogP contribution in [0.2, 0.25) is 0 Å². The number of nitrogens with one attached hydrogen (secondary N) is 2. The molecule has 2 N–H and O–H groups in total. The van der Waals surface area contributed by atoms with Crippen molar-refractivity contribution in [3.8, 4) is 0 Å². The molecule has 176 valence electrons. The van der Waals surface area contributed by atoms with Crippen molar-refractivity contribution < 1.29 is 4.42 Å². The molecule has 0 spiro atoms. The Morgan fingerprint density at radius 3 is 2.58 bits per heavy atom. The van der Waals surface area contributed by atoms with Gasteiger partial charge in [0, 0.05) is 56.9 Å². The van der Waals surface area contributed by atoms with Gasteiger partial charge in [-0.1, -0.05) is 30.3 Å². The first-order valence-electron chi connectivity index (χ1n) is 11.9. The second-order valence-corrected chi connectivity index (χ2v) is 8.87. The summed E-state index contributed by atoms with van der Waals surface area (Å²) in [7, 11) is 1.99. The summed E-state index contributed by atoms with van der Waals surface area (Å²) in [6.07, 6.45) is 4.77. The second-order valence-electron chi connectivity index (χ2n) is 8.87. The number of furan rings is 1. The van der Waals surface area contributed by atoms with Crippen molar-refractivity contribution in [3.63, 3.8) is 0 Å². The van der Waals surface area contributed by atoms with Gasteiger partial charge in [0.1, 0.15) is 5.76 Å². The molecule has 3 heterocycles. The molecule has 0 bridgehead atoms. The first-order valence-corrected chi connectivity index (χ1v) is 11.9. The number of likely N-dealkylation sites (tertiary alicyclic amines) is 1. The lowest BCUT2D eigenvalue weighted by atomic mass is 10.0. The average molecular weight is 449 g/mol. The Labute approximate surface area is 196 Å². The van der Waals surface area contributed by atoms with Crippen LogP contribution in [0.4, 0.5) is 0 Å². The Kier molecular flexibility index (Phi) is 7.83. The van der Waals surface area contributed by atoms with E-state index in [-0.39, 0.29) is 0 Å². The van der Waals surface area contributed by atoms with Crippen LogP contribution in [0.1, 0.15) is 41.1 Å². The number of guanidine groups is 1. The molecule has 7 heteroatoms. The van der Waals surface area contributed by atoms with Crippen molar-refractivity contribution in [2.24, 2.45) is 12.0 Å². The van der Waals surface area contributed by atoms with E-state index in [9.17, 15) is 0 Å². The quantitative estimate of drug-likeness (QED) is 0.407. The van der Waals surface area contributed by atoms with E-state index >= 15 is 0 Å². The second kappa shape index (κ2) is 11.2. The smallest absolute Gasteiger partial charge is 0.191 e. The molecule has 1 saturated heterocycles. The molecular weight excluding hydrogens is 412 g/mol. The first-order chi connectivity index (χ1) is 16.1. The maximum Gasteiger partial charge on any atom is 0.191 e. The van der Waals surface area contributed by atoms with E-state index in [1.807, 2.05) is 23.9 Å². The number of aryl methyl sites for hydroxylation is 2. The van der Waals surface area contributed by atoms with E-state index < -0.39 is 0 Å². The maximum atomic E-state index is 5.47. The molecule has 0 atom stereocenters. The molecule has 0 aliphatic carbocycles.